The van der Waals surface area contributed by atoms with Gasteiger partial charge in [0.2, 0.25) is 0 Å². The molecule has 0 fully saturated rings. The summed E-state index contributed by atoms with van der Waals surface area (Å²) in [5, 5.41) is 15.4. The van der Waals surface area contributed by atoms with Gasteiger partial charge in [-0.3, -0.25) is 0 Å². The molecular weight excluding hydrogens is 304 g/mol. The third-order valence-corrected chi connectivity index (χ3v) is 3.61. The molecule has 0 spiro atoms. The lowest BCUT2D eigenvalue weighted by Gasteiger charge is -2.06. The predicted octanol–water partition coefficient (Wildman–Crippen LogP) is 2.05. The molecule has 1 heterocycles. The van der Waals surface area contributed by atoms with Crippen LogP contribution in [-0.2, 0) is 10.1 Å². The summed E-state index contributed by atoms with van der Waals surface area (Å²) in [6.45, 7) is 0. The fourth-order valence-electron chi connectivity index (χ4n) is 1.36. The van der Waals surface area contributed by atoms with Crippen LogP contribution in [0.3, 0.4) is 0 Å². The first-order chi connectivity index (χ1) is 9.92. The Morgan fingerprint density at radius 2 is 1.76 bits per heavy atom. The molecule has 6 nitrogen and oxygen atoms in total. The third-order valence-electron chi connectivity index (χ3n) is 2.37. The lowest BCUT2D eigenvalue weighted by Crippen LogP contribution is -2.11. The van der Waals surface area contributed by atoms with Crippen LogP contribution in [0.25, 0.3) is 0 Å². The zero-order valence-corrected chi connectivity index (χ0v) is 11.1. The Kier molecular flexibility index (Phi) is 4.09. The second-order valence-corrected chi connectivity index (χ2v) is 5.32. The van der Waals surface area contributed by atoms with Crippen molar-refractivity contribution in [1.29, 1.82) is 5.26 Å². The molecule has 108 valence electrons. The van der Waals surface area contributed by atoms with Crippen molar-refractivity contribution in [3.8, 4) is 11.9 Å². The Bertz CT molecular complexity index is 769. The van der Waals surface area contributed by atoms with Gasteiger partial charge in [0.25, 0.3) is 12.3 Å². The summed E-state index contributed by atoms with van der Waals surface area (Å²) in [6.07, 6.45) is -2.69. The van der Waals surface area contributed by atoms with Crippen LogP contribution in [0.15, 0.2) is 41.3 Å². The van der Waals surface area contributed by atoms with Crippen molar-refractivity contribution in [2.24, 2.45) is 0 Å². The first-order valence-electron chi connectivity index (χ1n) is 5.49. The summed E-state index contributed by atoms with van der Waals surface area (Å²) in [5.41, 5.74) is -0.298. The number of nitriles is 1. The molecule has 0 N–H and O–H groups in total. The fraction of sp³-hybridized carbons (Fsp3) is 0.0833. The van der Waals surface area contributed by atoms with Gasteiger partial charge < -0.3 is 4.18 Å². The van der Waals surface area contributed by atoms with E-state index in [1.54, 1.807) is 6.07 Å². The fourth-order valence-corrected chi connectivity index (χ4v) is 2.24. The minimum Gasteiger partial charge on any atom is -0.357 e. The molecule has 1 aromatic carbocycles. The molecule has 0 aliphatic carbocycles. The van der Waals surface area contributed by atoms with Crippen LogP contribution >= 0.6 is 0 Å². The largest absolute Gasteiger partial charge is 0.357 e. The Labute approximate surface area is 118 Å². The van der Waals surface area contributed by atoms with Crippen molar-refractivity contribution >= 4 is 10.1 Å². The molecule has 0 bridgehead atoms. The molecule has 2 aromatic rings. The monoisotopic (exact) mass is 311 g/mol. The van der Waals surface area contributed by atoms with Crippen molar-refractivity contribution in [3.63, 3.8) is 0 Å². The number of benzene rings is 1. The quantitative estimate of drug-likeness (QED) is 0.802. The van der Waals surface area contributed by atoms with Gasteiger partial charge >= 0.3 is 10.1 Å². The van der Waals surface area contributed by atoms with Gasteiger partial charge in [0.1, 0.15) is 11.0 Å². The van der Waals surface area contributed by atoms with Crippen molar-refractivity contribution < 1.29 is 21.4 Å². The van der Waals surface area contributed by atoms with E-state index in [1.165, 1.54) is 6.07 Å². The van der Waals surface area contributed by atoms with Crippen LogP contribution < -0.4 is 4.18 Å². The highest BCUT2D eigenvalue weighted by atomic mass is 32.2. The predicted molar refractivity (Wildman–Crippen MR) is 66.0 cm³/mol. The average Bonchev–Trinajstić information content (AvgIpc) is 2.48. The minimum atomic E-state index is -4.21. The maximum atomic E-state index is 12.4. The number of aromatic nitrogens is 2. The number of alkyl halides is 2. The molecule has 0 aliphatic heterocycles. The van der Waals surface area contributed by atoms with Crippen molar-refractivity contribution in [2.45, 2.75) is 11.3 Å². The second-order valence-electron chi connectivity index (χ2n) is 3.78. The third kappa shape index (κ3) is 3.49. The summed E-state index contributed by atoms with van der Waals surface area (Å²) < 4.78 is 53.3. The van der Waals surface area contributed by atoms with Crippen LogP contribution in [0.2, 0.25) is 0 Å². The molecule has 0 saturated carbocycles. The Balaban J connectivity index is 2.23. The molecule has 0 unspecified atom stereocenters. The highest BCUT2D eigenvalue weighted by Gasteiger charge is 2.18. The molecule has 0 amide bonds. The van der Waals surface area contributed by atoms with Crippen LogP contribution in [-0.4, -0.2) is 18.6 Å². The molecule has 1 aromatic heterocycles. The number of hydrogen-bond acceptors (Lipinski definition) is 6. The van der Waals surface area contributed by atoms with E-state index in [4.69, 9.17) is 5.26 Å². The number of halogens is 2. The van der Waals surface area contributed by atoms with E-state index < -0.39 is 16.5 Å². The minimum absolute atomic E-state index is 0.000958. The SMILES string of the molecule is N#Cc1ccc(OS(=O)(=O)c2ccc(C(F)F)cc2)nn1. The molecule has 0 saturated heterocycles. The van der Waals surface area contributed by atoms with Crippen LogP contribution in [0.1, 0.15) is 17.7 Å². The molecular formula is C12H7F2N3O3S. The van der Waals surface area contributed by atoms with Gasteiger partial charge in [-0.25, -0.2) is 8.78 Å². The smallest absolute Gasteiger partial charge is 0.340 e. The van der Waals surface area contributed by atoms with Crippen molar-refractivity contribution in [1.82, 2.24) is 10.2 Å². The lowest BCUT2D eigenvalue weighted by atomic mass is 10.2. The van der Waals surface area contributed by atoms with Crippen molar-refractivity contribution in [3.05, 3.63) is 47.7 Å². The Morgan fingerprint density at radius 1 is 1.10 bits per heavy atom. The number of rotatable bonds is 4. The van der Waals surface area contributed by atoms with Gasteiger partial charge in [0.05, 0.1) is 0 Å². The summed E-state index contributed by atoms with van der Waals surface area (Å²) in [4.78, 5) is -0.293. The summed E-state index contributed by atoms with van der Waals surface area (Å²) >= 11 is 0. The topological polar surface area (TPSA) is 92.9 Å². The van der Waals surface area contributed by atoms with Gasteiger partial charge in [-0.05, 0) is 18.2 Å². The van der Waals surface area contributed by atoms with E-state index >= 15 is 0 Å². The first kappa shape index (κ1) is 14.8. The molecule has 0 radical (unpaired) electrons. The Morgan fingerprint density at radius 3 is 2.24 bits per heavy atom. The zero-order chi connectivity index (χ0) is 15.5. The van der Waals surface area contributed by atoms with E-state index in [9.17, 15) is 17.2 Å². The van der Waals surface area contributed by atoms with E-state index in [2.05, 4.69) is 14.4 Å². The molecule has 21 heavy (non-hydrogen) atoms. The molecule has 0 atom stereocenters. The number of hydrogen-bond donors (Lipinski definition) is 0. The summed E-state index contributed by atoms with van der Waals surface area (Å²) in [6, 6.07) is 8.11. The van der Waals surface area contributed by atoms with E-state index in [0.29, 0.717) is 0 Å². The van der Waals surface area contributed by atoms with Crippen LogP contribution in [0.4, 0.5) is 8.78 Å². The number of nitrogens with zero attached hydrogens (tertiary/aromatic N) is 3. The maximum absolute atomic E-state index is 12.4. The highest BCUT2D eigenvalue weighted by molar-refractivity contribution is 7.87. The zero-order valence-electron chi connectivity index (χ0n) is 10.3. The summed E-state index contributed by atoms with van der Waals surface area (Å²) in [5.74, 6) is -0.327. The molecule has 0 aliphatic rings. The van der Waals surface area contributed by atoms with Gasteiger partial charge in [0.15, 0.2) is 5.69 Å². The van der Waals surface area contributed by atoms with Gasteiger partial charge in [0, 0.05) is 11.6 Å². The van der Waals surface area contributed by atoms with Gasteiger partial charge in [-0.15, -0.1) is 10.2 Å². The highest BCUT2D eigenvalue weighted by Crippen LogP contribution is 2.22. The van der Waals surface area contributed by atoms with Crippen molar-refractivity contribution in [2.75, 3.05) is 0 Å². The van der Waals surface area contributed by atoms with Crippen LogP contribution in [0, 0.1) is 11.3 Å². The molecule has 9 heteroatoms. The van der Waals surface area contributed by atoms with E-state index in [-0.39, 0.29) is 22.0 Å². The van der Waals surface area contributed by atoms with Gasteiger partial charge in [-0.1, -0.05) is 12.1 Å². The van der Waals surface area contributed by atoms with E-state index in [0.717, 1.165) is 30.3 Å². The van der Waals surface area contributed by atoms with Gasteiger partial charge in [-0.2, -0.15) is 13.7 Å². The normalized spacial score (nSPS) is 11.1. The summed E-state index contributed by atoms with van der Waals surface area (Å²) in [7, 11) is -4.21. The average molecular weight is 311 g/mol. The second kappa shape index (κ2) is 5.80. The maximum Gasteiger partial charge on any atom is 0.340 e. The lowest BCUT2D eigenvalue weighted by molar-refractivity contribution is 0.151. The Hall–Kier alpha value is -2.60. The van der Waals surface area contributed by atoms with Crippen LogP contribution in [0.5, 0.6) is 5.88 Å². The first-order valence-corrected chi connectivity index (χ1v) is 6.89. The standard InChI is InChI=1S/C12H7F2N3O3S/c13-12(14)8-1-4-10(5-2-8)21(18,19)20-11-6-3-9(7-15)16-17-11/h1-6,12H. The van der Waals surface area contributed by atoms with E-state index in [1.807, 2.05) is 0 Å². The molecule has 2 rings (SSSR count).